The van der Waals surface area contributed by atoms with Gasteiger partial charge in [0.15, 0.2) is 11.5 Å². The smallest absolute Gasteiger partial charge is 0.228 e. The fraction of sp³-hybridized carbons (Fsp3) is 0.381. The summed E-state index contributed by atoms with van der Waals surface area (Å²) in [6.45, 7) is 6.39. The number of methoxy groups -OCH3 is 3. The van der Waals surface area contributed by atoms with Gasteiger partial charge in [-0.1, -0.05) is 32.9 Å². The van der Waals surface area contributed by atoms with Gasteiger partial charge in [0, 0.05) is 0 Å². The Bertz CT molecular complexity index is 778. The van der Waals surface area contributed by atoms with E-state index in [1.807, 2.05) is 24.3 Å². The third-order valence-electron chi connectivity index (χ3n) is 4.15. The number of hydrogen-bond acceptors (Lipinski definition) is 4. The van der Waals surface area contributed by atoms with Crippen LogP contribution in [-0.2, 0) is 16.6 Å². The second-order valence-electron chi connectivity index (χ2n) is 7.08. The molecule has 0 heterocycles. The van der Waals surface area contributed by atoms with Crippen LogP contribution in [0.3, 0.4) is 0 Å². The number of anilines is 1. The average Bonchev–Trinajstić information content (AvgIpc) is 2.60. The monoisotopic (exact) mass is 357 g/mol. The summed E-state index contributed by atoms with van der Waals surface area (Å²) in [5, 5.41) is 2.95. The van der Waals surface area contributed by atoms with Crippen molar-refractivity contribution >= 4 is 11.6 Å². The molecule has 5 nitrogen and oxygen atoms in total. The molecule has 2 rings (SSSR count). The van der Waals surface area contributed by atoms with Crippen LogP contribution in [0.25, 0.3) is 0 Å². The van der Waals surface area contributed by atoms with Crippen LogP contribution in [0, 0.1) is 0 Å². The summed E-state index contributed by atoms with van der Waals surface area (Å²) in [7, 11) is 4.75. The molecule has 0 aliphatic carbocycles. The Hall–Kier alpha value is -2.69. The minimum absolute atomic E-state index is 0.0188. The lowest BCUT2D eigenvalue weighted by atomic mass is 9.87. The Morgan fingerprint density at radius 2 is 1.50 bits per heavy atom. The highest BCUT2D eigenvalue weighted by Gasteiger charge is 2.17. The minimum atomic E-state index is -0.124. The molecule has 140 valence electrons. The van der Waals surface area contributed by atoms with Crippen molar-refractivity contribution in [3.8, 4) is 17.2 Å². The number of amides is 1. The highest BCUT2D eigenvalue weighted by molar-refractivity contribution is 5.94. The first-order valence-electron chi connectivity index (χ1n) is 8.47. The van der Waals surface area contributed by atoms with E-state index >= 15 is 0 Å². The molecule has 5 heteroatoms. The Morgan fingerprint density at radius 3 is 2.08 bits per heavy atom. The van der Waals surface area contributed by atoms with Crippen LogP contribution < -0.4 is 19.5 Å². The van der Waals surface area contributed by atoms with Crippen molar-refractivity contribution in [2.45, 2.75) is 32.6 Å². The zero-order valence-corrected chi connectivity index (χ0v) is 16.3. The Balaban J connectivity index is 2.19. The van der Waals surface area contributed by atoms with E-state index in [9.17, 15) is 4.79 Å². The first-order valence-corrected chi connectivity index (χ1v) is 8.47. The molecule has 0 aliphatic rings. The van der Waals surface area contributed by atoms with E-state index in [2.05, 4.69) is 26.1 Å². The van der Waals surface area contributed by atoms with Gasteiger partial charge in [0.05, 0.1) is 33.4 Å². The van der Waals surface area contributed by atoms with Crippen LogP contribution in [0.2, 0.25) is 0 Å². The van der Waals surface area contributed by atoms with Crippen LogP contribution in [0.4, 0.5) is 5.69 Å². The van der Waals surface area contributed by atoms with Crippen LogP contribution in [0.15, 0.2) is 36.4 Å². The summed E-state index contributed by atoms with van der Waals surface area (Å²) in [6, 6.07) is 11.3. The molecule has 0 atom stereocenters. The van der Waals surface area contributed by atoms with Crippen LogP contribution in [0.1, 0.15) is 31.9 Å². The quantitative estimate of drug-likeness (QED) is 0.842. The molecular formula is C21H27NO4. The molecule has 0 unspecified atom stereocenters. The SMILES string of the molecule is COc1ccc(C(C)(C)C)cc1NC(=O)Cc1ccc(OC)c(OC)c1. The van der Waals surface area contributed by atoms with Gasteiger partial charge >= 0.3 is 0 Å². The van der Waals surface area contributed by atoms with E-state index < -0.39 is 0 Å². The van der Waals surface area contributed by atoms with Gasteiger partial charge in [-0.15, -0.1) is 0 Å². The molecule has 0 spiro atoms. The standard InChI is InChI=1S/C21H27NO4/c1-21(2,3)15-8-10-17(24-4)16(13-15)22-20(23)12-14-7-9-18(25-5)19(11-14)26-6/h7-11,13H,12H2,1-6H3,(H,22,23). The molecule has 0 aromatic heterocycles. The van der Waals surface area contributed by atoms with Gasteiger partial charge in [-0.2, -0.15) is 0 Å². The molecule has 0 aliphatic heterocycles. The number of rotatable bonds is 6. The summed E-state index contributed by atoms with van der Waals surface area (Å²) in [5.41, 5.74) is 2.62. The van der Waals surface area contributed by atoms with Gasteiger partial charge in [0.2, 0.25) is 5.91 Å². The molecular weight excluding hydrogens is 330 g/mol. The van der Waals surface area contributed by atoms with Crippen LogP contribution in [0.5, 0.6) is 17.2 Å². The summed E-state index contributed by atoms with van der Waals surface area (Å²) in [5.74, 6) is 1.75. The van der Waals surface area contributed by atoms with E-state index in [1.54, 1.807) is 33.5 Å². The number of carbonyl (C=O) groups is 1. The molecule has 26 heavy (non-hydrogen) atoms. The van der Waals surface area contributed by atoms with Gasteiger partial charge in [-0.05, 0) is 40.8 Å². The average molecular weight is 357 g/mol. The van der Waals surface area contributed by atoms with E-state index in [0.717, 1.165) is 11.1 Å². The Morgan fingerprint density at radius 1 is 0.885 bits per heavy atom. The van der Waals surface area contributed by atoms with Crippen LogP contribution in [-0.4, -0.2) is 27.2 Å². The van der Waals surface area contributed by atoms with Gasteiger partial charge in [-0.3, -0.25) is 4.79 Å². The number of hydrogen-bond donors (Lipinski definition) is 1. The lowest BCUT2D eigenvalue weighted by molar-refractivity contribution is -0.115. The molecule has 0 radical (unpaired) electrons. The summed E-state index contributed by atoms with van der Waals surface area (Å²) in [4.78, 5) is 12.5. The highest BCUT2D eigenvalue weighted by Crippen LogP contribution is 2.32. The molecule has 0 bridgehead atoms. The number of benzene rings is 2. The highest BCUT2D eigenvalue weighted by atomic mass is 16.5. The number of ether oxygens (including phenoxy) is 3. The normalized spacial score (nSPS) is 11.0. The molecule has 1 N–H and O–H groups in total. The summed E-state index contributed by atoms with van der Waals surface area (Å²) < 4.78 is 15.9. The van der Waals surface area contributed by atoms with Crippen molar-refractivity contribution in [3.63, 3.8) is 0 Å². The number of nitrogens with one attached hydrogen (secondary N) is 1. The van der Waals surface area contributed by atoms with Crippen molar-refractivity contribution in [1.82, 2.24) is 0 Å². The second-order valence-corrected chi connectivity index (χ2v) is 7.08. The zero-order valence-electron chi connectivity index (χ0n) is 16.3. The molecule has 0 saturated carbocycles. The maximum absolute atomic E-state index is 12.5. The molecule has 1 amide bonds. The first kappa shape index (κ1) is 19.6. The molecule has 0 fully saturated rings. The lowest BCUT2D eigenvalue weighted by Crippen LogP contribution is -2.17. The molecule has 2 aromatic carbocycles. The van der Waals surface area contributed by atoms with E-state index in [-0.39, 0.29) is 17.7 Å². The second kappa shape index (κ2) is 8.13. The maximum atomic E-state index is 12.5. The lowest BCUT2D eigenvalue weighted by Gasteiger charge is -2.21. The predicted molar refractivity (Wildman–Crippen MR) is 104 cm³/mol. The Labute approximate surface area is 155 Å². The van der Waals surface area contributed by atoms with Crippen molar-refractivity contribution in [3.05, 3.63) is 47.5 Å². The molecule has 0 saturated heterocycles. The number of carbonyl (C=O) groups excluding carboxylic acids is 1. The maximum Gasteiger partial charge on any atom is 0.228 e. The van der Waals surface area contributed by atoms with Crippen molar-refractivity contribution in [1.29, 1.82) is 0 Å². The van der Waals surface area contributed by atoms with Crippen molar-refractivity contribution in [2.75, 3.05) is 26.6 Å². The minimum Gasteiger partial charge on any atom is -0.495 e. The largest absolute Gasteiger partial charge is 0.495 e. The topological polar surface area (TPSA) is 56.8 Å². The van der Waals surface area contributed by atoms with Gasteiger partial charge in [-0.25, -0.2) is 0 Å². The summed E-state index contributed by atoms with van der Waals surface area (Å²) in [6.07, 6.45) is 0.225. The fourth-order valence-corrected chi connectivity index (χ4v) is 2.64. The fourth-order valence-electron chi connectivity index (χ4n) is 2.64. The first-order chi connectivity index (χ1) is 12.3. The summed E-state index contributed by atoms with van der Waals surface area (Å²) >= 11 is 0. The Kier molecular flexibility index (Phi) is 6.14. The molecule has 2 aromatic rings. The van der Waals surface area contributed by atoms with Crippen molar-refractivity contribution in [2.24, 2.45) is 0 Å². The predicted octanol–water partition coefficient (Wildman–Crippen LogP) is 4.19. The third-order valence-corrected chi connectivity index (χ3v) is 4.15. The van der Waals surface area contributed by atoms with Gasteiger partial charge in [0.25, 0.3) is 0 Å². The zero-order chi connectivity index (χ0) is 19.3. The van der Waals surface area contributed by atoms with Crippen molar-refractivity contribution < 1.29 is 19.0 Å². The van der Waals surface area contributed by atoms with E-state index in [4.69, 9.17) is 14.2 Å². The van der Waals surface area contributed by atoms with E-state index in [1.165, 1.54) is 0 Å². The third kappa shape index (κ3) is 4.69. The van der Waals surface area contributed by atoms with Crippen LogP contribution >= 0.6 is 0 Å². The van der Waals surface area contributed by atoms with E-state index in [0.29, 0.717) is 22.9 Å². The van der Waals surface area contributed by atoms with Gasteiger partial charge in [0.1, 0.15) is 5.75 Å². The van der Waals surface area contributed by atoms with Gasteiger partial charge < -0.3 is 19.5 Å².